The number of urea groups is 1. The second kappa shape index (κ2) is 7.79. The average molecular weight is 286 g/mol. The Morgan fingerprint density at radius 1 is 1.00 bits per heavy atom. The van der Waals surface area contributed by atoms with E-state index in [0.29, 0.717) is 24.7 Å². The van der Waals surface area contributed by atoms with E-state index in [2.05, 4.69) is 10.6 Å². The topological polar surface area (TPSA) is 59.6 Å². The number of hydrogen-bond acceptors (Lipinski definition) is 3. The molecule has 0 bridgehead atoms. The van der Waals surface area contributed by atoms with Gasteiger partial charge in [-0.25, -0.2) is 4.79 Å². The van der Waals surface area contributed by atoms with Gasteiger partial charge in [-0.1, -0.05) is 30.3 Å². The molecule has 0 fully saturated rings. The quantitative estimate of drug-likeness (QED) is 0.803. The van der Waals surface area contributed by atoms with E-state index in [0.717, 1.165) is 5.69 Å². The summed E-state index contributed by atoms with van der Waals surface area (Å²) in [6, 6.07) is 16.4. The Bertz CT molecular complexity index is 573. The van der Waals surface area contributed by atoms with Gasteiger partial charge < -0.3 is 20.1 Å². The second-order valence-corrected chi connectivity index (χ2v) is 4.25. The summed E-state index contributed by atoms with van der Waals surface area (Å²) in [5.74, 6) is 1.33. The number of anilines is 1. The lowest BCUT2D eigenvalue weighted by atomic mass is 10.3. The van der Waals surface area contributed by atoms with Gasteiger partial charge in [-0.15, -0.1) is 0 Å². The van der Waals surface area contributed by atoms with Gasteiger partial charge in [0.05, 0.1) is 13.7 Å². The molecule has 5 heteroatoms. The van der Waals surface area contributed by atoms with Crippen LogP contribution in [0.15, 0.2) is 54.6 Å². The Morgan fingerprint density at radius 3 is 2.38 bits per heavy atom. The molecule has 5 nitrogen and oxygen atoms in total. The van der Waals surface area contributed by atoms with Gasteiger partial charge in [-0.05, 0) is 24.3 Å². The molecule has 0 aliphatic carbocycles. The molecule has 2 amide bonds. The van der Waals surface area contributed by atoms with Crippen LogP contribution < -0.4 is 20.1 Å². The molecule has 0 saturated heterocycles. The smallest absolute Gasteiger partial charge is 0.319 e. The fourth-order valence-electron chi connectivity index (χ4n) is 1.76. The highest BCUT2D eigenvalue weighted by Crippen LogP contribution is 2.25. The number of nitrogens with one attached hydrogen (secondary N) is 2. The van der Waals surface area contributed by atoms with Crippen LogP contribution in [-0.2, 0) is 0 Å². The molecule has 2 aromatic rings. The lowest BCUT2D eigenvalue weighted by Gasteiger charge is -2.11. The number of ether oxygens (including phenoxy) is 2. The number of hydrogen-bond donors (Lipinski definition) is 2. The Balaban J connectivity index is 1.71. The molecular weight excluding hydrogens is 268 g/mol. The summed E-state index contributed by atoms with van der Waals surface area (Å²) in [4.78, 5) is 11.6. The van der Waals surface area contributed by atoms with Gasteiger partial charge in [0, 0.05) is 5.69 Å². The number of benzene rings is 2. The van der Waals surface area contributed by atoms with Crippen LogP contribution in [0.4, 0.5) is 10.5 Å². The molecule has 2 N–H and O–H groups in total. The highest BCUT2D eigenvalue weighted by molar-refractivity contribution is 5.89. The molecule has 0 spiro atoms. The van der Waals surface area contributed by atoms with Gasteiger partial charge in [-0.2, -0.15) is 0 Å². The number of amides is 2. The zero-order valence-electron chi connectivity index (χ0n) is 11.8. The first-order valence-corrected chi connectivity index (χ1v) is 6.65. The Labute approximate surface area is 123 Å². The van der Waals surface area contributed by atoms with Crippen molar-refractivity contribution in [2.75, 3.05) is 25.6 Å². The van der Waals surface area contributed by atoms with Gasteiger partial charge in [0.2, 0.25) is 0 Å². The molecule has 0 aromatic heterocycles. The lowest BCUT2D eigenvalue weighted by Crippen LogP contribution is -2.32. The summed E-state index contributed by atoms with van der Waals surface area (Å²) < 4.78 is 10.7. The maximum absolute atomic E-state index is 11.6. The van der Waals surface area contributed by atoms with Crippen molar-refractivity contribution < 1.29 is 14.3 Å². The number of methoxy groups -OCH3 is 1. The van der Waals surface area contributed by atoms with Crippen molar-refractivity contribution >= 4 is 11.7 Å². The van der Waals surface area contributed by atoms with E-state index in [1.165, 1.54) is 0 Å². The molecule has 0 saturated carbocycles. The van der Waals surface area contributed by atoms with Gasteiger partial charge in [0.1, 0.15) is 6.61 Å². The van der Waals surface area contributed by atoms with Gasteiger partial charge >= 0.3 is 6.03 Å². The molecule has 0 heterocycles. The number of carbonyl (C=O) groups is 1. The van der Waals surface area contributed by atoms with E-state index < -0.39 is 0 Å². The highest BCUT2D eigenvalue weighted by Gasteiger charge is 2.03. The predicted molar refractivity (Wildman–Crippen MR) is 82.0 cm³/mol. The molecule has 0 radical (unpaired) electrons. The largest absolute Gasteiger partial charge is 0.493 e. The third kappa shape index (κ3) is 4.72. The lowest BCUT2D eigenvalue weighted by molar-refractivity contribution is 0.246. The van der Waals surface area contributed by atoms with Crippen LogP contribution in [0, 0.1) is 0 Å². The van der Waals surface area contributed by atoms with Crippen molar-refractivity contribution in [2.24, 2.45) is 0 Å². The van der Waals surface area contributed by atoms with Crippen molar-refractivity contribution in [3.05, 3.63) is 54.6 Å². The first kappa shape index (κ1) is 14.7. The third-order valence-electron chi connectivity index (χ3n) is 2.75. The summed E-state index contributed by atoms with van der Waals surface area (Å²) in [5, 5.41) is 5.46. The molecule has 0 aliphatic heterocycles. The first-order valence-electron chi connectivity index (χ1n) is 6.65. The molecule has 2 rings (SSSR count). The molecule has 0 aliphatic rings. The Kier molecular flexibility index (Phi) is 5.46. The minimum atomic E-state index is -0.259. The molecule has 2 aromatic carbocycles. The van der Waals surface area contributed by atoms with Gasteiger partial charge in [0.25, 0.3) is 0 Å². The van der Waals surface area contributed by atoms with Crippen LogP contribution >= 0.6 is 0 Å². The van der Waals surface area contributed by atoms with E-state index in [4.69, 9.17) is 9.47 Å². The first-order chi connectivity index (χ1) is 10.3. The fourth-order valence-corrected chi connectivity index (χ4v) is 1.76. The summed E-state index contributed by atoms with van der Waals surface area (Å²) in [5.41, 5.74) is 0.751. The molecular formula is C16H18N2O3. The van der Waals surface area contributed by atoms with Gasteiger partial charge in [-0.3, -0.25) is 0 Å². The van der Waals surface area contributed by atoms with E-state index in [1.54, 1.807) is 7.11 Å². The van der Waals surface area contributed by atoms with Crippen molar-refractivity contribution in [1.82, 2.24) is 5.32 Å². The molecule has 110 valence electrons. The fraction of sp³-hybridized carbons (Fsp3) is 0.188. The SMILES string of the molecule is COc1ccccc1OCCNC(=O)Nc1ccccc1. The number of rotatable bonds is 6. The Hall–Kier alpha value is -2.69. The summed E-state index contributed by atoms with van der Waals surface area (Å²) >= 11 is 0. The van der Waals surface area contributed by atoms with Crippen LogP contribution in [0.3, 0.4) is 0 Å². The van der Waals surface area contributed by atoms with E-state index >= 15 is 0 Å². The van der Waals surface area contributed by atoms with Crippen LogP contribution in [0.25, 0.3) is 0 Å². The minimum absolute atomic E-state index is 0.259. The van der Waals surface area contributed by atoms with Crippen LogP contribution in [0.2, 0.25) is 0 Å². The van der Waals surface area contributed by atoms with Crippen molar-refractivity contribution in [2.45, 2.75) is 0 Å². The summed E-state index contributed by atoms with van der Waals surface area (Å²) in [7, 11) is 1.59. The highest BCUT2D eigenvalue weighted by atomic mass is 16.5. The molecule has 21 heavy (non-hydrogen) atoms. The van der Waals surface area contributed by atoms with Crippen molar-refractivity contribution in [1.29, 1.82) is 0 Å². The Morgan fingerprint density at radius 2 is 1.67 bits per heavy atom. The summed E-state index contributed by atoms with van der Waals surface area (Å²) in [6.45, 7) is 0.763. The van der Waals surface area contributed by atoms with Gasteiger partial charge in [0.15, 0.2) is 11.5 Å². The number of carbonyl (C=O) groups excluding carboxylic acids is 1. The zero-order chi connectivity index (χ0) is 14.9. The maximum atomic E-state index is 11.6. The molecule has 0 unspecified atom stereocenters. The minimum Gasteiger partial charge on any atom is -0.493 e. The van der Waals surface area contributed by atoms with Crippen LogP contribution in [0.1, 0.15) is 0 Å². The van der Waals surface area contributed by atoms with E-state index in [1.807, 2.05) is 54.6 Å². The van der Waals surface area contributed by atoms with Crippen molar-refractivity contribution in [3.8, 4) is 11.5 Å². The number of para-hydroxylation sites is 3. The normalized spacial score (nSPS) is 9.76. The van der Waals surface area contributed by atoms with E-state index in [-0.39, 0.29) is 6.03 Å². The second-order valence-electron chi connectivity index (χ2n) is 4.25. The monoisotopic (exact) mass is 286 g/mol. The van der Waals surface area contributed by atoms with Crippen LogP contribution in [-0.4, -0.2) is 26.3 Å². The summed E-state index contributed by atoms with van der Waals surface area (Å²) in [6.07, 6.45) is 0. The predicted octanol–water partition coefficient (Wildman–Crippen LogP) is 2.90. The van der Waals surface area contributed by atoms with E-state index in [9.17, 15) is 4.79 Å². The molecule has 0 atom stereocenters. The van der Waals surface area contributed by atoms with Crippen LogP contribution in [0.5, 0.6) is 11.5 Å². The zero-order valence-corrected chi connectivity index (χ0v) is 11.8. The third-order valence-corrected chi connectivity index (χ3v) is 2.75. The average Bonchev–Trinajstić information content (AvgIpc) is 2.53. The standard InChI is InChI=1S/C16H18N2O3/c1-20-14-9-5-6-10-15(14)21-12-11-17-16(19)18-13-7-3-2-4-8-13/h2-10H,11-12H2,1H3,(H2,17,18,19). The van der Waals surface area contributed by atoms with Crippen molar-refractivity contribution in [3.63, 3.8) is 0 Å². The maximum Gasteiger partial charge on any atom is 0.319 e.